The quantitative estimate of drug-likeness (QED) is 0.820. The molecular formula is C16H18ClN3OS. The second-order valence-electron chi connectivity index (χ2n) is 5.15. The van der Waals surface area contributed by atoms with Crippen LogP contribution in [0.1, 0.15) is 19.4 Å². The van der Waals surface area contributed by atoms with Crippen LogP contribution < -0.4 is 5.32 Å². The second kappa shape index (κ2) is 8.15. The molecule has 1 amide bonds. The van der Waals surface area contributed by atoms with Crippen LogP contribution in [0.5, 0.6) is 0 Å². The lowest BCUT2D eigenvalue weighted by Crippen LogP contribution is -2.35. The molecule has 0 spiro atoms. The highest BCUT2D eigenvalue weighted by Crippen LogP contribution is 2.31. The number of nitrogens with zero attached hydrogens (tertiary/aromatic N) is 2. The van der Waals surface area contributed by atoms with Crippen molar-refractivity contribution in [1.29, 1.82) is 0 Å². The van der Waals surface area contributed by atoms with Gasteiger partial charge in [0, 0.05) is 25.1 Å². The summed E-state index contributed by atoms with van der Waals surface area (Å²) in [5.41, 5.74) is 0.972. The Hall–Kier alpha value is -1.59. The number of amides is 1. The molecule has 2 aromatic heterocycles. The van der Waals surface area contributed by atoms with Crippen LogP contribution in [0.15, 0.2) is 47.9 Å². The summed E-state index contributed by atoms with van der Waals surface area (Å²) in [6.45, 7) is 4.49. The van der Waals surface area contributed by atoms with Gasteiger partial charge in [0.2, 0.25) is 5.91 Å². The molecule has 0 aliphatic rings. The lowest BCUT2D eigenvalue weighted by molar-refractivity contribution is -0.121. The molecule has 0 saturated heterocycles. The third-order valence-corrected chi connectivity index (χ3v) is 4.99. The Labute approximate surface area is 139 Å². The predicted octanol–water partition coefficient (Wildman–Crippen LogP) is 3.56. The molecule has 2 aromatic rings. The molecule has 116 valence electrons. The van der Waals surface area contributed by atoms with E-state index in [1.165, 1.54) is 11.8 Å². The second-order valence-corrected chi connectivity index (χ2v) is 6.69. The molecule has 0 fully saturated rings. The average molecular weight is 336 g/mol. The number of halogens is 1. The summed E-state index contributed by atoms with van der Waals surface area (Å²) in [7, 11) is 0. The van der Waals surface area contributed by atoms with Crippen LogP contribution in [0, 0.1) is 5.92 Å². The highest BCUT2D eigenvalue weighted by atomic mass is 35.5. The van der Waals surface area contributed by atoms with Crippen LogP contribution in [-0.4, -0.2) is 21.1 Å². The van der Waals surface area contributed by atoms with Gasteiger partial charge >= 0.3 is 0 Å². The van der Waals surface area contributed by atoms with E-state index in [2.05, 4.69) is 15.3 Å². The first-order chi connectivity index (χ1) is 10.6. The molecule has 2 heterocycles. The zero-order valence-electron chi connectivity index (χ0n) is 12.5. The van der Waals surface area contributed by atoms with Crippen molar-refractivity contribution in [2.45, 2.75) is 30.7 Å². The van der Waals surface area contributed by atoms with Gasteiger partial charge in [0.1, 0.15) is 5.03 Å². The molecule has 0 aliphatic carbocycles. The van der Waals surface area contributed by atoms with E-state index < -0.39 is 0 Å². The molecule has 0 bridgehead atoms. The Kier molecular flexibility index (Phi) is 6.21. The summed E-state index contributed by atoms with van der Waals surface area (Å²) in [6, 6.07) is 7.34. The van der Waals surface area contributed by atoms with E-state index in [1.54, 1.807) is 30.7 Å². The molecule has 6 heteroatoms. The number of pyridine rings is 2. The summed E-state index contributed by atoms with van der Waals surface area (Å²) in [5.74, 6) is 0.141. The van der Waals surface area contributed by atoms with Gasteiger partial charge in [0.05, 0.1) is 10.3 Å². The summed E-state index contributed by atoms with van der Waals surface area (Å²) in [6.07, 6.45) is 5.13. The minimum atomic E-state index is -0.246. The average Bonchev–Trinajstić information content (AvgIpc) is 2.52. The fourth-order valence-electron chi connectivity index (χ4n) is 1.86. The molecule has 0 saturated carbocycles. The third-order valence-electron chi connectivity index (χ3n) is 3.02. The van der Waals surface area contributed by atoms with Crippen molar-refractivity contribution < 1.29 is 4.79 Å². The maximum Gasteiger partial charge on any atom is 0.234 e. The van der Waals surface area contributed by atoms with Gasteiger partial charge < -0.3 is 5.32 Å². The minimum Gasteiger partial charge on any atom is -0.351 e. The maximum absolute atomic E-state index is 12.5. The fraction of sp³-hybridized carbons (Fsp3) is 0.312. The van der Waals surface area contributed by atoms with E-state index in [0.29, 0.717) is 16.6 Å². The summed E-state index contributed by atoms with van der Waals surface area (Å²) >= 11 is 7.52. The first kappa shape index (κ1) is 16.8. The lowest BCUT2D eigenvalue weighted by Gasteiger charge is -2.19. The van der Waals surface area contributed by atoms with E-state index in [9.17, 15) is 4.79 Å². The Balaban J connectivity index is 2.01. The highest BCUT2D eigenvalue weighted by molar-refractivity contribution is 8.00. The molecule has 22 heavy (non-hydrogen) atoms. The van der Waals surface area contributed by atoms with Gasteiger partial charge in [-0.05, 0) is 29.7 Å². The van der Waals surface area contributed by atoms with Crippen molar-refractivity contribution in [1.82, 2.24) is 15.3 Å². The number of hydrogen-bond acceptors (Lipinski definition) is 4. The number of thioether (sulfide) groups is 1. The first-order valence-electron chi connectivity index (χ1n) is 7.01. The van der Waals surface area contributed by atoms with Crippen LogP contribution in [0.2, 0.25) is 5.02 Å². The zero-order chi connectivity index (χ0) is 15.9. The van der Waals surface area contributed by atoms with Gasteiger partial charge in [-0.1, -0.05) is 43.3 Å². The molecule has 0 unspecified atom stereocenters. The fourth-order valence-corrected chi connectivity index (χ4v) is 3.12. The molecule has 1 atom stereocenters. The normalized spacial score (nSPS) is 12.2. The van der Waals surface area contributed by atoms with Gasteiger partial charge in [-0.3, -0.25) is 9.78 Å². The molecular weight excluding hydrogens is 318 g/mol. The van der Waals surface area contributed by atoms with Gasteiger partial charge in [-0.2, -0.15) is 0 Å². The van der Waals surface area contributed by atoms with Crippen LogP contribution in [-0.2, 0) is 11.3 Å². The number of carbonyl (C=O) groups excluding carboxylic acids is 1. The summed E-state index contributed by atoms with van der Waals surface area (Å²) < 4.78 is 0. The van der Waals surface area contributed by atoms with E-state index in [4.69, 9.17) is 11.6 Å². The number of rotatable bonds is 6. The monoisotopic (exact) mass is 335 g/mol. The standard InChI is InChI=1S/C16H18ClN3OS/c1-11(2)14(22-16-13(17)6-4-8-19-16)15(21)20-10-12-5-3-7-18-9-12/h3-9,11,14H,10H2,1-2H3,(H,20,21)/t14-/m0/s1. The Morgan fingerprint density at radius 3 is 2.73 bits per heavy atom. The smallest absolute Gasteiger partial charge is 0.234 e. The number of hydrogen-bond donors (Lipinski definition) is 1. The van der Waals surface area contributed by atoms with Gasteiger partial charge in [-0.15, -0.1) is 0 Å². The van der Waals surface area contributed by atoms with E-state index in [1.807, 2.05) is 26.0 Å². The Morgan fingerprint density at radius 1 is 1.32 bits per heavy atom. The van der Waals surface area contributed by atoms with Gasteiger partial charge in [-0.25, -0.2) is 4.98 Å². The topological polar surface area (TPSA) is 54.9 Å². The molecule has 0 radical (unpaired) electrons. The van der Waals surface area contributed by atoms with Crippen LogP contribution in [0.3, 0.4) is 0 Å². The lowest BCUT2D eigenvalue weighted by atomic mass is 10.1. The van der Waals surface area contributed by atoms with Crippen molar-refractivity contribution in [2.24, 2.45) is 5.92 Å². The molecule has 4 nitrogen and oxygen atoms in total. The number of nitrogens with one attached hydrogen (secondary N) is 1. The molecule has 0 aliphatic heterocycles. The number of carbonyl (C=O) groups is 1. The number of aromatic nitrogens is 2. The minimum absolute atomic E-state index is 0.0226. The van der Waals surface area contributed by atoms with Crippen molar-refractivity contribution >= 4 is 29.3 Å². The van der Waals surface area contributed by atoms with E-state index in [-0.39, 0.29) is 17.1 Å². The molecule has 2 rings (SSSR count). The Bertz CT molecular complexity index is 622. The van der Waals surface area contributed by atoms with Crippen LogP contribution >= 0.6 is 23.4 Å². The zero-order valence-corrected chi connectivity index (χ0v) is 14.1. The van der Waals surface area contributed by atoms with E-state index >= 15 is 0 Å². The summed E-state index contributed by atoms with van der Waals surface area (Å²) in [5, 5.41) is 3.95. The Morgan fingerprint density at radius 2 is 2.09 bits per heavy atom. The SMILES string of the molecule is CC(C)[C@H](Sc1ncccc1Cl)C(=O)NCc1cccnc1. The molecule has 0 aromatic carbocycles. The van der Waals surface area contributed by atoms with Gasteiger partial charge in [0.25, 0.3) is 0 Å². The predicted molar refractivity (Wildman–Crippen MR) is 89.8 cm³/mol. The summed E-state index contributed by atoms with van der Waals surface area (Å²) in [4.78, 5) is 20.7. The van der Waals surface area contributed by atoms with Crippen molar-refractivity contribution in [3.63, 3.8) is 0 Å². The largest absolute Gasteiger partial charge is 0.351 e. The van der Waals surface area contributed by atoms with Gasteiger partial charge in [0.15, 0.2) is 0 Å². The van der Waals surface area contributed by atoms with Crippen molar-refractivity contribution in [2.75, 3.05) is 0 Å². The van der Waals surface area contributed by atoms with Crippen LogP contribution in [0.25, 0.3) is 0 Å². The first-order valence-corrected chi connectivity index (χ1v) is 8.27. The van der Waals surface area contributed by atoms with Crippen molar-refractivity contribution in [3.05, 3.63) is 53.4 Å². The highest BCUT2D eigenvalue weighted by Gasteiger charge is 2.24. The third kappa shape index (κ3) is 4.71. The maximum atomic E-state index is 12.5. The van der Waals surface area contributed by atoms with Crippen molar-refractivity contribution in [3.8, 4) is 0 Å². The van der Waals surface area contributed by atoms with E-state index in [0.717, 1.165) is 5.56 Å². The molecule has 1 N–H and O–H groups in total. The van der Waals surface area contributed by atoms with Crippen LogP contribution in [0.4, 0.5) is 0 Å².